The zero-order chi connectivity index (χ0) is 42.3. The molecule has 2 heterocycles. The molecule has 0 bridgehead atoms. The lowest BCUT2D eigenvalue weighted by Gasteiger charge is -2.18. The summed E-state index contributed by atoms with van der Waals surface area (Å²) in [5.74, 6) is 4.60. The third kappa shape index (κ3) is 7.43. The SMILES string of the molecule is COc1ccc(-c2cc(=O)c3c(OC)c(OC)c(OC)c(OC)c3o2)cc1OC.COc1ccc(-c2cc(=O)c3c(OC)c(OC)c(OC)c(OC)c3o2)cc1OC. The first-order valence-corrected chi connectivity index (χ1v) is 17.2. The zero-order valence-corrected chi connectivity index (χ0v) is 34.2. The van der Waals surface area contributed by atoms with Gasteiger partial charge in [-0.2, -0.15) is 0 Å². The lowest BCUT2D eigenvalue weighted by atomic mass is 10.1. The van der Waals surface area contributed by atoms with E-state index in [1.807, 2.05) is 0 Å². The maximum Gasteiger partial charge on any atom is 0.211 e. The largest absolute Gasteiger partial charge is 0.493 e. The van der Waals surface area contributed by atoms with Crippen molar-refractivity contribution < 1.29 is 65.7 Å². The molecule has 6 aromatic rings. The fourth-order valence-corrected chi connectivity index (χ4v) is 6.35. The van der Waals surface area contributed by atoms with Crippen molar-refractivity contribution in [2.24, 2.45) is 0 Å². The monoisotopic (exact) mass is 804 g/mol. The van der Waals surface area contributed by atoms with E-state index in [9.17, 15) is 9.59 Å². The van der Waals surface area contributed by atoms with Crippen molar-refractivity contribution >= 4 is 21.9 Å². The minimum Gasteiger partial charge on any atom is -0.493 e. The summed E-state index contributed by atoms with van der Waals surface area (Å²) in [6, 6.07) is 13.1. The summed E-state index contributed by atoms with van der Waals surface area (Å²) in [7, 11) is 17.7. The molecule has 0 aliphatic heterocycles. The lowest BCUT2D eigenvalue weighted by Crippen LogP contribution is -2.07. The van der Waals surface area contributed by atoms with Crippen LogP contribution in [0, 0.1) is 0 Å². The van der Waals surface area contributed by atoms with E-state index in [1.54, 1.807) is 50.6 Å². The standard InChI is InChI=1S/2C21H22O8/c2*1-23-13-8-7-11(9-15(13)24-2)14-10-12(22)16-17(25-3)19(26-4)21(28-6)20(27-5)18(16)29-14/h2*7-10H,1-6H3. The molecule has 0 aliphatic rings. The highest BCUT2D eigenvalue weighted by atomic mass is 16.6. The van der Waals surface area contributed by atoms with Crippen LogP contribution >= 0.6 is 0 Å². The Hall–Kier alpha value is -7.10. The summed E-state index contributed by atoms with van der Waals surface area (Å²) in [5.41, 5.74) is 0.952. The first kappa shape index (κ1) is 42.1. The fourth-order valence-electron chi connectivity index (χ4n) is 6.35. The topological polar surface area (TPSA) is 171 Å². The number of rotatable bonds is 14. The molecule has 0 atom stereocenters. The van der Waals surface area contributed by atoms with Crippen LogP contribution in [0.15, 0.2) is 67.0 Å². The molecule has 58 heavy (non-hydrogen) atoms. The number of hydrogen-bond donors (Lipinski definition) is 0. The lowest BCUT2D eigenvalue weighted by molar-refractivity contribution is 0.307. The van der Waals surface area contributed by atoms with Gasteiger partial charge in [0.25, 0.3) is 0 Å². The molecule has 0 N–H and O–H groups in total. The predicted molar refractivity (Wildman–Crippen MR) is 214 cm³/mol. The van der Waals surface area contributed by atoms with Crippen LogP contribution in [0.25, 0.3) is 44.6 Å². The molecule has 0 saturated heterocycles. The first-order valence-electron chi connectivity index (χ1n) is 17.2. The Balaban J connectivity index is 0.000000221. The smallest absolute Gasteiger partial charge is 0.211 e. The highest BCUT2D eigenvalue weighted by molar-refractivity contribution is 5.96. The second kappa shape index (κ2) is 18.2. The van der Waals surface area contributed by atoms with E-state index >= 15 is 0 Å². The van der Waals surface area contributed by atoms with E-state index < -0.39 is 0 Å². The van der Waals surface area contributed by atoms with Crippen molar-refractivity contribution in [3.63, 3.8) is 0 Å². The Bertz CT molecular complexity index is 2380. The van der Waals surface area contributed by atoms with Crippen molar-refractivity contribution in [1.29, 1.82) is 0 Å². The Morgan fingerprint density at radius 2 is 0.621 bits per heavy atom. The van der Waals surface area contributed by atoms with Crippen molar-refractivity contribution in [3.05, 3.63) is 69.0 Å². The van der Waals surface area contributed by atoms with Gasteiger partial charge in [0.15, 0.2) is 56.5 Å². The van der Waals surface area contributed by atoms with Gasteiger partial charge in [-0.25, -0.2) is 0 Å². The minimum absolute atomic E-state index is 0.180. The number of hydrogen-bond acceptors (Lipinski definition) is 16. The molecule has 16 heteroatoms. The number of ether oxygens (including phenoxy) is 12. The Labute approximate surface area is 333 Å². The summed E-state index contributed by atoms with van der Waals surface area (Å²) in [6.45, 7) is 0. The summed E-state index contributed by atoms with van der Waals surface area (Å²) >= 11 is 0. The highest BCUT2D eigenvalue weighted by Crippen LogP contribution is 2.52. The van der Waals surface area contributed by atoms with Crippen LogP contribution in [-0.4, -0.2) is 85.3 Å². The van der Waals surface area contributed by atoms with E-state index in [2.05, 4.69) is 0 Å². The van der Waals surface area contributed by atoms with Gasteiger partial charge < -0.3 is 65.7 Å². The molecular formula is C42H44O16. The van der Waals surface area contributed by atoms with Gasteiger partial charge in [0.1, 0.15) is 22.3 Å². The number of methoxy groups -OCH3 is 12. The maximum atomic E-state index is 13.0. The normalized spacial score (nSPS) is 10.6. The quantitative estimate of drug-likeness (QED) is 0.110. The molecule has 0 aliphatic carbocycles. The van der Waals surface area contributed by atoms with Gasteiger partial charge in [-0.1, -0.05) is 0 Å². The Kier molecular flexibility index (Phi) is 13.2. The molecule has 0 radical (unpaired) electrons. The zero-order valence-electron chi connectivity index (χ0n) is 34.2. The second-order valence-electron chi connectivity index (χ2n) is 11.8. The van der Waals surface area contributed by atoms with E-state index in [0.29, 0.717) is 45.6 Å². The number of benzene rings is 4. The van der Waals surface area contributed by atoms with Crippen molar-refractivity contribution in [2.75, 3.05) is 85.3 Å². The highest BCUT2D eigenvalue weighted by Gasteiger charge is 2.29. The second-order valence-corrected chi connectivity index (χ2v) is 11.8. The Morgan fingerprint density at radius 3 is 0.897 bits per heavy atom. The van der Waals surface area contributed by atoms with Crippen LogP contribution < -0.4 is 67.7 Å². The summed E-state index contributed by atoms with van der Waals surface area (Å²) in [4.78, 5) is 26.0. The predicted octanol–water partition coefficient (Wildman–Crippen LogP) is 7.02. The molecule has 16 nitrogen and oxygen atoms in total. The average Bonchev–Trinajstić information content (AvgIpc) is 3.26. The van der Waals surface area contributed by atoms with Gasteiger partial charge in [-0.15, -0.1) is 0 Å². The van der Waals surface area contributed by atoms with Gasteiger partial charge >= 0.3 is 0 Å². The fraction of sp³-hybridized carbons (Fsp3) is 0.286. The molecular weight excluding hydrogens is 760 g/mol. The van der Waals surface area contributed by atoms with E-state index in [-0.39, 0.29) is 78.8 Å². The van der Waals surface area contributed by atoms with Gasteiger partial charge in [0.2, 0.25) is 34.5 Å². The molecule has 6 rings (SSSR count). The summed E-state index contributed by atoms with van der Waals surface area (Å²) in [6.07, 6.45) is 0. The van der Waals surface area contributed by atoms with E-state index in [1.165, 1.54) is 83.2 Å². The summed E-state index contributed by atoms with van der Waals surface area (Å²) in [5, 5.41) is 0.373. The van der Waals surface area contributed by atoms with Crippen molar-refractivity contribution in [2.45, 2.75) is 0 Å². The van der Waals surface area contributed by atoms with Crippen LogP contribution in [0.4, 0.5) is 0 Å². The van der Waals surface area contributed by atoms with Gasteiger partial charge in [0, 0.05) is 23.3 Å². The van der Waals surface area contributed by atoms with Crippen LogP contribution in [-0.2, 0) is 0 Å². The molecule has 4 aromatic carbocycles. The van der Waals surface area contributed by atoms with Gasteiger partial charge in [-0.05, 0) is 36.4 Å². The third-order valence-electron chi connectivity index (χ3n) is 8.97. The molecule has 0 unspecified atom stereocenters. The van der Waals surface area contributed by atoms with E-state index in [4.69, 9.17) is 65.7 Å². The Morgan fingerprint density at radius 1 is 0.328 bits per heavy atom. The molecule has 2 aromatic heterocycles. The maximum absolute atomic E-state index is 13.0. The first-order chi connectivity index (χ1) is 28.1. The van der Waals surface area contributed by atoms with Gasteiger partial charge in [-0.3, -0.25) is 9.59 Å². The third-order valence-corrected chi connectivity index (χ3v) is 8.97. The molecule has 0 fully saturated rings. The van der Waals surface area contributed by atoms with Crippen molar-refractivity contribution in [3.8, 4) is 91.6 Å². The van der Waals surface area contributed by atoms with Crippen LogP contribution in [0.2, 0.25) is 0 Å². The van der Waals surface area contributed by atoms with Gasteiger partial charge in [0.05, 0.1) is 85.3 Å². The summed E-state index contributed by atoms with van der Waals surface area (Å²) < 4.78 is 76.8. The van der Waals surface area contributed by atoms with E-state index in [0.717, 1.165) is 0 Å². The molecule has 308 valence electrons. The molecule has 0 spiro atoms. The average molecular weight is 805 g/mol. The van der Waals surface area contributed by atoms with Crippen molar-refractivity contribution in [1.82, 2.24) is 0 Å². The van der Waals surface area contributed by atoms with Crippen LogP contribution in [0.3, 0.4) is 0 Å². The minimum atomic E-state index is -0.327. The number of fused-ring (bicyclic) bond motifs is 2. The molecule has 0 amide bonds. The molecule has 0 saturated carbocycles. The van der Waals surface area contributed by atoms with Crippen LogP contribution in [0.5, 0.6) is 69.0 Å². The van der Waals surface area contributed by atoms with Crippen LogP contribution in [0.1, 0.15) is 0 Å².